The minimum absolute atomic E-state index is 0.462. The molecule has 1 rings (SSSR count). The summed E-state index contributed by atoms with van der Waals surface area (Å²) in [6.07, 6.45) is 1.30. The van der Waals surface area contributed by atoms with Crippen LogP contribution in [-0.2, 0) is 0 Å². The Morgan fingerprint density at radius 2 is 2.00 bits per heavy atom. The van der Waals surface area contributed by atoms with Crippen LogP contribution in [0.5, 0.6) is 0 Å². The van der Waals surface area contributed by atoms with Gasteiger partial charge in [0.15, 0.2) is 0 Å². The molecule has 0 aromatic rings. The number of hydrogen-bond acceptors (Lipinski definition) is 0. The Labute approximate surface area is 73.3 Å². The van der Waals surface area contributed by atoms with E-state index in [4.69, 9.17) is 0 Å². The Bertz CT molecular complexity index is 177. The summed E-state index contributed by atoms with van der Waals surface area (Å²) in [7, 11) is 0. The molecule has 1 atom stereocenters. The van der Waals surface area contributed by atoms with Gasteiger partial charge in [-0.25, -0.2) is 0 Å². The van der Waals surface area contributed by atoms with Crippen LogP contribution in [0.25, 0.3) is 0 Å². The molecule has 0 aromatic heterocycles. The molecule has 52 valence electrons. The second kappa shape index (κ2) is 2.43. The van der Waals surface area contributed by atoms with Crippen molar-refractivity contribution in [1.82, 2.24) is 0 Å². The monoisotopic (exact) mass is 130 g/mol. The van der Waals surface area contributed by atoms with E-state index < -0.39 is 0 Å². The maximum atomic E-state index is 2.35. The maximum absolute atomic E-state index is 2.35. The van der Waals surface area contributed by atoms with Gasteiger partial charge in [0.25, 0.3) is 0 Å². The van der Waals surface area contributed by atoms with Crippen LogP contribution in [0.4, 0.5) is 0 Å². The van der Waals surface area contributed by atoms with Crippen LogP contribution in [0.1, 0.15) is 34.1 Å². The average molecular weight is 130 g/mol. The van der Waals surface area contributed by atoms with E-state index in [9.17, 15) is 0 Å². The summed E-state index contributed by atoms with van der Waals surface area (Å²) in [6.45, 7) is 9.33. The molecular formula is C9H15Li. The minimum atomic E-state index is 0.462. The molecule has 0 aromatic carbocycles. The standard InChI is InChI=1S/C9H15.Li/c1-7-5-6-8(2)9(7,3)4;/h7H,5H2,1-4H3;. The Hall–Kier alpha value is 0.337. The number of allylic oxidation sites excluding steroid dienone is 2. The van der Waals surface area contributed by atoms with Crippen molar-refractivity contribution in [1.29, 1.82) is 0 Å². The fourth-order valence-electron chi connectivity index (χ4n) is 1.79. The molecule has 0 bridgehead atoms. The summed E-state index contributed by atoms with van der Waals surface area (Å²) in [6, 6.07) is 0. The molecular weight excluding hydrogens is 115 g/mol. The summed E-state index contributed by atoms with van der Waals surface area (Å²) >= 11 is 2.26. The van der Waals surface area contributed by atoms with Gasteiger partial charge in [-0.15, -0.1) is 0 Å². The van der Waals surface area contributed by atoms with Crippen molar-refractivity contribution >= 4 is 17.7 Å². The first kappa shape index (κ1) is 8.43. The Balaban J connectivity index is 2.94. The first-order chi connectivity index (χ1) is 4.46. The van der Waals surface area contributed by atoms with Crippen LogP contribution in [0.15, 0.2) is 9.82 Å². The van der Waals surface area contributed by atoms with E-state index in [1.54, 1.807) is 9.82 Å². The number of rotatable bonds is 0. The van der Waals surface area contributed by atoms with Crippen molar-refractivity contribution in [3.63, 3.8) is 0 Å². The van der Waals surface area contributed by atoms with Gasteiger partial charge in [0.05, 0.1) is 0 Å². The Morgan fingerprint density at radius 3 is 2.10 bits per heavy atom. The normalized spacial score (nSPS) is 31.6. The van der Waals surface area contributed by atoms with Gasteiger partial charge in [-0.05, 0) is 0 Å². The van der Waals surface area contributed by atoms with Gasteiger partial charge in [-0.3, -0.25) is 0 Å². The number of hydrogen-bond donors (Lipinski definition) is 0. The molecule has 1 unspecified atom stereocenters. The van der Waals surface area contributed by atoms with Gasteiger partial charge in [-0.2, -0.15) is 0 Å². The van der Waals surface area contributed by atoms with Crippen molar-refractivity contribution in [2.24, 2.45) is 11.3 Å². The van der Waals surface area contributed by atoms with Gasteiger partial charge in [0.1, 0.15) is 0 Å². The molecule has 0 fully saturated rings. The molecule has 0 saturated carbocycles. The van der Waals surface area contributed by atoms with Gasteiger partial charge < -0.3 is 0 Å². The molecule has 0 heterocycles. The summed E-state index contributed by atoms with van der Waals surface area (Å²) < 4.78 is 1.61. The quantitative estimate of drug-likeness (QED) is 0.442. The second-order valence-electron chi connectivity index (χ2n) is 4.23. The molecule has 0 spiro atoms. The van der Waals surface area contributed by atoms with E-state index in [-0.39, 0.29) is 0 Å². The van der Waals surface area contributed by atoms with Crippen molar-refractivity contribution in [3.05, 3.63) is 9.82 Å². The molecule has 0 aliphatic heterocycles. The zero-order valence-electron chi connectivity index (χ0n) is 7.78. The second-order valence-corrected chi connectivity index (χ2v) is 4.23. The zero-order valence-corrected chi connectivity index (χ0v) is 7.78. The Kier molecular flexibility index (Phi) is 2.05. The van der Waals surface area contributed by atoms with Crippen molar-refractivity contribution in [2.75, 3.05) is 0 Å². The SMILES string of the molecule is [Li][C]1=C(C)C(C)(C)C(C)C1. The molecule has 0 radical (unpaired) electrons. The molecule has 1 aliphatic rings. The first-order valence-electron chi connectivity index (χ1n) is 4.13. The third-order valence-electron chi connectivity index (χ3n) is 3.45. The van der Waals surface area contributed by atoms with E-state index in [0.29, 0.717) is 5.41 Å². The van der Waals surface area contributed by atoms with Crippen molar-refractivity contribution in [2.45, 2.75) is 34.1 Å². The van der Waals surface area contributed by atoms with Gasteiger partial charge in [0, 0.05) is 0 Å². The van der Waals surface area contributed by atoms with Crippen LogP contribution in [0, 0.1) is 11.3 Å². The summed E-state index contributed by atoms with van der Waals surface area (Å²) in [5, 5.41) is 0. The molecule has 0 N–H and O–H groups in total. The van der Waals surface area contributed by atoms with E-state index >= 15 is 0 Å². The van der Waals surface area contributed by atoms with Gasteiger partial charge in [-0.1, -0.05) is 0 Å². The van der Waals surface area contributed by atoms with Crippen LogP contribution in [0.3, 0.4) is 0 Å². The average Bonchev–Trinajstić information content (AvgIpc) is 1.97. The molecule has 1 aliphatic carbocycles. The van der Waals surface area contributed by atoms with Crippen LogP contribution in [0.2, 0.25) is 0 Å². The van der Waals surface area contributed by atoms with Crippen molar-refractivity contribution in [3.8, 4) is 0 Å². The predicted octanol–water partition coefficient (Wildman–Crippen LogP) is 2.49. The van der Waals surface area contributed by atoms with Crippen LogP contribution < -0.4 is 0 Å². The van der Waals surface area contributed by atoms with Gasteiger partial charge >= 0.3 is 73.0 Å². The molecule has 1 heteroatoms. The van der Waals surface area contributed by atoms with E-state index in [1.165, 1.54) is 6.42 Å². The first-order valence-corrected chi connectivity index (χ1v) is 4.13. The third-order valence-corrected chi connectivity index (χ3v) is 3.45. The van der Waals surface area contributed by atoms with E-state index in [1.807, 2.05) is 0 Å². The topological polar surface area (TPSA) is 0 Å². The summed E-state index contributed by atoms with van der Waals surface area (Å²) in [4.78, 5) is 0. The Morgan fingerprint density at radius 1 is 1.50 bits per heavy atom. The molecule has 0 saturated heterocycles. The van der Waals surface area contributed by atoms with Gasteiger partial charge in [0.2, 0.25) is 0 Å². The zero-order chi connectivity index (χ0) is 7.94. The van der Waals surface area contributed by atoms with E-state index in [0.717, 1.165) is 5.92 Å². The van der Waals surface area contributed by atoms with Crippen LogP contribution >= 0.6 is 0 Å². The third kappa shape index (κ3) is 1.09. The van der Waals surface area contributed by atoms with Crippen molar-refractivity contribution < 1.29 is 0 Å². The summed E-state index contributed by atoms with van der Waals surface area (Å²) in [5.74, 6) is 0.840. The molecule has 0 amide bonds. The molecule has 10 heavy (non-hydrogen) atoms. The van der Waals surface area contributed by atoms with Crippen LogP contribution in [-0.4, -0.2) is 17.7 Å². The fraction of sp³-hybridized carbons (Fsp3) is 0.778. The van der Waals surface area contributed by atoms with E-state index in [2.05, 4.69) is 45.4 Å². The summed E-state index contributed by atoms with van der Waals surface area (Å²) in [5.41, 5.74) is 2.07. The fourth-order valence-corrected chi connectivity index (χ4v) is 1.79. The predicted molar refractivity (Wildman–Crippen MR) is 46.0 cm³/mol. The molecule has 0 nitrogen and oxygen atoms in total.